The highest BCUT2D eigenvalue weighted by atomic mass is 16.2. The van der Waals surface area contributed by atoms with Crippen molar-refractivity contribution in [3.05, 3.63) is 12.2 Å². The van der Waals surface area contributed by atoms with Gasteiger partial charge in [0, 0.05) is 6.54 Å². The molecule has 1 N–H and O–H groups in total. The third kappa shape index (κ3) is 2.60. The number of hydrogen-bond acceptors (Lipinski definition) is 2. The quantitative estimate of drug-likeness (QED) is 0.802. The van der Waals surface area contributed by atoms with Gasteiger partial charge in [0.05, 0.1) is 0 Å². The summed E-state index contributed by atoms with van der Waals surface area (Å²) in [7, 11) is 0. The van der Waals surface area contributed by atoms with Crippen LogP contribution in [0.2, 0.25) is 0 Å². The number of rotatable bonds is 4. The molecule has 2 rings (SSSR count). The molecule has 112 valence electrons. The number of carbonyl (C=O) groups is 2. The molecule has 2 amide bonds. The summed E-state index contributed by atoms with van der Waals surface area (Å²) >= 11 is 0. The van der Waals surface area contributed by atoms with Gasteiger partial charge >= 0.3 is 0 Å². The summed E-state index contributed by atoms with van der Waals surface area (Å²) < 4.78 is 0. The highest BCUT2D eigenvalue weighted by Crippen LogP contribution is 2.28. The van der Waals surface area contributed by atoms with Crippen LogP contribution < -0.4 is 5.32 Å². The van der Waals surface area contributed by atoms with Crippen LogP contribution in [0.25, 0.3) is 0 Å². The number of hydrogen-bond donors (Lipinski definition) is 1. The zero-order valence-electron chi connectivity index (χ0n) is 12.8. The molecule has 4 heteroatoms. The molecule has 20 heavy (non-hydrogen) atoms. The Kier molecular flexibility index (Phi) is 4.51. The van der Waals surface area contributed by atoms with Crippen molar-refractivity contribution in [3.63, 3.8) is 0 Å². The minimum absolute atomic E-state index is 0.0142. The molecule has 0 spiro atoms. The van der Waals surface area contributed by atoms with Crippen LogP contribution in [0.5, 0.6) is 0 Å². The van der Waals surface area contributed by atoms with Crippen LogP contribution in [0.3, 0.4) is 0 Å². The van der Waals surface area contributed by atoms with E-state index in [9.17, 15) is 9.59 Å². The van der Waals surface area contributed by atoms with E-state index in [4.69, 9.17) is 0 Å². The van der Waals surface area contributed by atoms with Gasteiger partial charge in [-0.15, -0.1) is 0 Å². The van der Waals surface area contributed by atoms with Crippen molar-refractivity contribution >= 4 is 11.8 Å². The van der Waals surface area contributed by atoms with E-state index < -0.39 is 5.54 Å². The second-order valence-corrected chi connectivity index (χ2v) is 6.06. The highest BCUT2D eigenvalue weighted by molar-refractivity contribution is 5.99. The van der Waals surface area contributed by atoms with Gasteiger partial charge in [0.2, 0.25) is 11.8 Å². The first-order chi connectivity index (χ1) is 9.54. The third-order valence-electron chi connectivity index (χ3n) is 4.92. The molecule has 0 aromatic heterocycles. The lowest BCUT2D eigenvalue weighted by Crippen LogP contribution is -2.69. The van der Waals surface area contributed by atoms with Gasteiger partial charge in [-0.25, -0.2) is 0 Å². The number of nitrogens with zero attached hydrogens (tertiary/aromatic N) is 1. The first-order valence-corrected chi connectivity index (χ1v) is 7.82. The molecule has 0 aromatic rings. The van der Waals surface area contributed by atoms with Crippen LogP contribution >= 0.6 is 0 Å². The van der Waals surface area contributed by atoms with Crippen LogP contribution in [0.4, 0.5) is 0 Å². The predicted octanol–water partition coefficient (Wildman–Crippen LogP) is 2.25. The Hall–Kier alpha value is -1.32. The number of amides is 2. The second kappa shape index (κ2) is 5.98. The molecule has 1 aliphatic heterocycles. The molecule has 1 saturated heterocycles. The molecule has 2 unspecified atom stereocenters. The average molecular weight is 278 g/mol. The van der Waals surface area contributed by atoms with Crippen molar-refractivity contribution in [3.8, 4) is 0 Å². The van der Waals surface area contributed by atoms with Crippen LogP contribution in [-0.2, 0) is 9.59 Å². The van der Waals surface area contributed by atoms with Crippen molar-refractivity contribution in [1.29, 1.82) is 0 Å². The largest absolute Gasteiger partial charge is 0.340 e. The standard InChI is InChI=1S/C16H26N2O2/c1-4-16(5-2)15(20)18(12(3)14(19)17-16)11-13-9-7-6-8-10-13/h6-7,12-13H,4-5,8-11H2,1-3H3,(H,17,19). The lowest BCUT2D eigenvalue weighted by Gasteiger charge is -2.45. The Morgan fingerprint density at radius 1 is 1.30 bits per heavy atom. The van der Waals surface area contributed by atoms with Gasteiger partial charge in [0.15, 0.2) is 0 Å². The molecule has 1 aliphatic carbocycles. The summed E-state index contributed by atoms with van der Waals surface area (Å²) in [4.78, 5) is 26.9. The molecule has 0 bridgehead atoms. The van der Waals surface area contributed by atoms with Crippen molar-refractivity contribution < 1.29 is 9.59 Å². The molecule has 0 aromatic carbocycles. The van der Waals surface area contributed by atoms with Crippen molar-refractivity contribution in [1.82, 2.24) is 10.2 Å². The van der Waals surface area contributed by atoms with E-state index in [0.717, 1.165) is 19.3 Å². The summed E-state index contributed by atoms with van der Waals surface area (Å²) in [5, 5.41) is 2.95. The van der Waals surface area contributed by atoms with Gasteiger partial charge in [-0.1, -0.05) is 26.0 Å². The first kappa shape index (κ1) is 15.1. The van der Waals surface area contributed by atoms with Crippen molar-refractivity contribution in [2.45, 2.75) is 64.5 Å². The number of piperazine rings is 1. The van der Waals surface area contributed by atoms with E-state index in [2.05, 4.69) is 17.5 Å². The summed E-state index contributed by atoms with van der Waals surface area (Å²) in [6, 6.07) is -0.348. The fourth-order valence-electron chi connectivity index (χ4n) is 3.26. The maximum absolute atomic E-state index is 12.8. The van der Waals surface area contributed by atoms with E-state index in [0.29, 0.717) is 25.3 Å². The van der Waals surface area contributed by atoms with Gasteiger partial charge < -0.3 is 10.2 Å². The second-order valence-electron chi connectivity index (χ2n) is 6.06. The van der Waals surface area contributed by atoms with Crippen LogP contribution in [0.15, 0.2) is 12.2 Å². The number of carbonyl (C=O) groups excluding carboxylic acids is 2. The molecule has 2 atom stereocenters. The Bertz CT molecular complexity index is 413. The molecule has 2 aliphatic rings. The fourth-order valence-corrected chi connectivity index (χ4v) is 3.26. The maximum Gasteiger partial charge on any atom is 0.248 e. The SMILES string of the molecule is CCC1(CC)NC(=O)C(C)N(CC2CC=CCC2)C1=O. The minimum Gasteiger partial charge on any atom is -0.340 e. The molecular weight excluding hydrogens is 252 g/mol. The van der Waals surface area contributed by atoms with Gasteiger partial charge in [-0.05, 0) is 44.9 Å². The summed E-state index contributed by atoms with van der Waals surface area (Å²) in [5.74, 6) is 0.576. The van der Waals surface area contributed by atoms with E-state index in [-0.39, 0.29) is 17.9 Å². The summed E-state index contributed by atoms with van der Waals surface area (Å²) in [6.07, 6.45) is 8.92. The molecule has 0 radical (unpaired) electrons. The van der Waals surface area contributed by atoms with E-state index >= 15 is 0 Å². The van der Waals surface area contributed by atoms with Crippen molar-refractivity contribution in [2.75, 3.05) is 6.54 Å². The third-order valence-corrected chi connectivity index (χ3v) is 4.92. The first-order valence-electron chi connectivity index (χ1n) is 7.82. The van der Waals surface area contributed by atoms with E-state index in [1.807, 2.05) is 25.7 Å². The van der Waals surface area contributed by atoms with Crippen LogP contribution in [0, 0.1) is 5.92 Å². The topological polar surface area (TPSA) is 49.4 Å². The highest BCUT2D eigenvalue weighted by Gasteiger charge is 2.47. The van der Waals surface area contributed by atoms with Gasteiger partial charge in [-0.3, -0.25) is 9.59 Å². The predicted molar refractivity (Wildman–Crippen MR) is 79.1 cm³/mol. The normalized spacial score (nSPS) is 29.4. The van der Waals surface area contributed by atoms with Gasteiger partial charge in [0.25, 0.3) is 0 Å². The fraction of sp³-hybridized carbons (Fsp3) is 0.750. The number of nitrogens with one attached hydrogen (secondary N) is 1. The molecule has 1 heterocycles. The Labute approximate surface area is 121 Å². The molecule has 0 saturated carbocycles. The van der Waals surface area contributed by atoms with Crippen molar-refractivity contribution in [2.24, 2.45) is 5.92 Å². The Morgan fingerprint density at radius 3 is 2.55 bits per heavy atom. The smallest absolute Gasteiger partial charge is 0.248 e. The van der Waals surface area contributed by atoms with E-state index in [1.54, 1.807) is 0 Å². The lowest BCUT2D eigenvalue weighted by molar-refractivity contribution is -0.155. The molecule has 1 fully saturated rings. The zero-order chi connectivity index (χ0) is 14.8. The maximum atomic E-state index is 12.8. The lowest BCUT2D eigenvalue weighted by atomic mass is 9.85. The Morgan fingerprint density at radius 2 is 2.00 bits per heavy atom. The number of allylic oxidation sites excluding steroid dienone is 2. The average Bonchev–Trinajstić information content (AvgIpc) is 2.48. The monoisotopic (exact) mass is 278 g/mol. The van der Waals surface area contributed by atoms with Gasteiger partial charge in [0.1, 0.15) is 11.6 Å². The summed E-state index contributed by atoms with van der Waals surface area (Å²) in [5.41, 5.74) is -0.686. The molecule has 4 nitrogen and oxygen atoms in total. The van der Waals surface area contributed by atoms with E-state index in [1.165, 1.54) is 0 Å². The van der Waals surface area contributed by atoms with Crippen LogP contribution in [0.1, 0.15) is 52.9 Å². The van der Waals surface area contributed by atoms with Gasteiger partial charge in [-0.2, -0.15) is 0 Å². The minimum atomic E-state index is -0.686. The molecular formula is C16H26N2O2. The summed E-state index contributed by atoms with van der Waals surface area (Å²) in [6.45, 7) is 6.49. The zero-order valence-corrected chi connectivity index (χ0v) is 12.8. The van der Waals surface area contributed by atoms with Crippen LogP contribution in [-0.4, -0.2) is 34.8 Å². The Balaban J connectivity index is 2.17.